The number of urea groups is 1. The van der Waals surface area contributed by atoms with Crippen LogP contribution >= 0.6 is 15.9 Å². The van der Waals surface area contributed by atoms with Crippen LogP contribution in [0, 0.1) is 0 Å². The van der Waals surface area contributed by atoms with Crippen LogP contribution in [0.1, 0.15) is 0 Å². The number of hydrogen-bond donors (Lipinski definition) is 3. The van der Waals surface area contributed by atoms with Gasteiger partial charge in [0.2, 0.25) is 0 Å². The molecule has 1 rings (SSSR count). The number of benzene rings is 1. The summed E-state index contributed by atoms with van der Waals surface area (Å²) in [6.45, 7) is -1.44. The molecule has 9 heteroatoms. The Morgan fingerprint density at radius 1 is 1.19 bits per heavy atom. The molecule has 2 amide bonds. The van der Waals surface area contributed by atoms with Gasteiger partial charge in [-0.1, -0.05) is 15.9 Å². The van der Waals surface area contributed by atoms with Crippen molar-refractivity contribution in [2.24, 2.45) is 0 Å². The molecule has 0 radical (unpaired) electrons. The van der Waals surface area contributed by atoms with Crippen LogP contribution < -0.4 is 10.1 Å². The minimum absolute atomic E-state index is 0.340. The maximum atomic E-state index is 11.9. The Balaban J connectivity index is 2.87. The summed E-state index contributed by atoms with van der Waals surface area (Å²) in [5, 5.41) is 19.8. The Kier molecular flexibility index (Phi) is 5.97. The fourth-order valence-electron chi connectivity index (χ4n) is 1.48. The van der Waals surface area contributed by atoms with Gasteiger partial charge in [-0.15, -0.1) is 0 Å². The van der Waals surface area contributed by atoms with E-state index in [1.807, 2.05) is 0 Å². The molecule has 0 unspecified atom stereocenters. The summed E-state index contributed by atoms with van der Waals surface area (Å²) in [6, 6.07) is 3.92. The molecule has 0 spiro atoms. The quantitative estimate of drug-likeness (QED) is 0.707. The number of anilines is 1. The lowest BCUT2D eigenvalue weighted by atomic mass is 10.3. The summed E-state index contributed by atoms with van der Waals surface area (Å²) >= 11 is 3.23. The van der Waals surface area contributed by atoms with E-state index in [4.69, 9.17) is 14.9 Å². The van der Waals surface area contributed by atoms with Gasteiger partial charge < -0.3 is 25.2 Å². The van der Waals surface area contributed by atoms with Crippen molar-refractivity contribution in [1.82, 2.24) is 4.90 Å². The third-order valence-corrected chi connectivity index (χ3v) is 2.76. The Labute approximate surface area is 128 Å². The zero-order valence-corrected chi connectivity index (χ0v) is 12.6. The summed E-state index contributed by atoms with van der Waals surface area (Å²) in [6.07, 6.45) is 0. The van der Waals surface area contributed by atoms with Crippen LogP contribution in [-0.2, 0) is 9.59 Å². The predicted octanol–water partition coefficient (Wildman–Crippen LogP) is 1.46. The van der Waals surface area contributed by atoms with E-state index in [0.29, 0.717) is 20.8 Å². The standard InChI is InChI=1S/C12H13BrN2O6/c1-21-9-3-7(13)2-8(4-9)14-12(20)15(5-10(16)17)6-11(18)19/h2-4H,5-6H2,1H3,(H,14,20)(H,16,17)(H,18,19). The molecule has 0 atom stereocenters. The van der Waals surface area contributed by atoms with Crippen LogP contribution in [0.25, 0.3) is 0 Å². The highest BCUT2D eigenvalue weighted by atomic mass is 79.9. The number of carboxylic acid groups (broad SMARTS) is 2. The molecule has 8 nitrogen and oxygen atoms in total. The molecule has 114 valence electrons. The average Bonchev–Trinajstić information content (AvgIpc) is 2.35. The second-order valence-electron chi connectivity index (χ2n) is 3.95. The first-order valence-corrected chi connectivity index (χ1v) is 6.45. The van der Waals surface area contributed by atoms with E-state index in [9.17, 15) is 14.4 Å². The molecule has 0 bridgehead atoms. The predicted molar refractivity (Wildman–Crippen MR) is 76.6 cm³/mol. The Morgan fingerprint density at radius 3 is 2.24 bits per heavy atom. The molecule has 3 N–H and O–H groups in total. The number of nitrogens with one attached hydrogen (secondary N) is 1. The maximum Gasteiger partial charge on any atom is 0.323 e. The lowest BCUT2D eigenvalue weighted by Gasteiger charge is -2.19. The third kappa shape index (κ3) is 5.69. The summed E-state index contributed by atoms with van der Waals surface area (Å²) in [5.41, 5.74) is 0.340. The number of carbonyl (C=O) groups excluding carboxylic acids is 1. The SMILES string of the molecule is COc1cc(Br)cc(NC(=O)N(CC(=O)O)CC(=O)O)c1. The number of methoxy groups -OCH3 is 1. The van der Waals surface area contributed by atoms with Gasteiger partial charge in [-0.2, -0.15) is 0 Å². The van der Waals surface area contributed by atoms with E-state index < -0.39 is 31.1 Å². The molecule has 21 heavy (non-hydrogen) atoms. The van der Waals surface area contributed by atoms with Crippen molar-refractivity contribution in [3.05, 3.63) is 22.7 Å². The van der Waals surface area contributed by atoms with E-state index in [1.54, 1.807) is 12.1 Å². The Bertz CT molecular complexity index is 547. The zero-order valence-electron chi connectivity index (χ0n) is 11.0. The third-order valence-electron chi connectivity index (χ3n) is 2.30. The second kappa shape index (κ2) is 7.48. The van der Waals surface area contributed by atoms with Crippen LogP contribution in [0.5, 0.6) is 5.75 Å². The Hall–Kier alpha value is -2.29. The minimum Gasteiger partial charge on any atom is -0.497 e. The molecule has 1 aromatic carbocycles. The summed E-state index contributed by atoms with van der Waals surface area (Å²) < 4.78 is 5.66. The van der Waals surface area contributed by atoms with E-state index >= 15 is 0 Å². The average molecular weight is 361 g/mol. The first kappa shape index (κ1) is 16.8. The monoisotopic (exact) mass is 360 g/mol. The van der Waals surface area contributed by atoms with Crippen LogP contribution in [0.4, 0.5) is 10.5 Å². The van der Waals surface area contributed by atoms with Crippen LogP contribution in [-0.4, -0.2) is 53.3 Å². The second-order valence-corrected chi connectivity index (χ2v) is 4.87. The van der Waals surface area contributed by atoms with E-state index in [-0.39, 0.29) is 0 Å². The molecule has 0 aliphatic heterocycles. The molecule has 0 fully saturated rings. The number of halogens is 1. The summed E-state index contributed by atoms with van der Waals surface area (Å²) in [7, 11) is 1.45. The van der Waals surface area contributed by atoms with Crippen molar-refractivity contribution in [2.75, 3.05) is 25.5 Å². The van der Waals surface area contributed by atoms with Gasteiger partial charge in [-0.05, 0) is 12.1 Å². The number of aliphatic carboxylic acids is 2. The Morgan fingerprint density at radius 2 is 1.76 bits per heavy atom. The van der Waals surface area contributed by atoms with Crippen molar-refractivity contribution in [1.29, 1.82) is 0 Å². The van der Waals surface area contributed by atoms with Gasteiger partial charge in [0.1, 0.15) is 18.8 Å². The number of ether oxygens (including phenoxy) is 1. The molecule has 1 aromatic rings. The molecule has 0 aliphatic rings. The van der Waals surface area contributed by atoms with Crippen molar-refractivity contribution in [3.63, 3.8) is 0 Å². The van der Waals surface area contributed by atoms with Gasteiger partial charge in [0.15, 0.2) is 0 Å². The van der Waals surface area contributed by atoms with E-state index in [2.05, 4.69) is 21.2 Å². The minimum atomic E-state index is -1.31. The first-order valence-electron chi connectivity index (χ1n) is 5.66. The van der Waals surface area contributed by atoms with Gasteiger partial charge in [0, 0.05) is 16.2 Å². The molecule has 0 aromatic heterocycles. The normalized spacial score (nSPS) is 9.81. The highest BCUT2D eigenvalue weighted by molar-refractivity contribution is 9.10. The molecule has 0 saturated carbocycles. The topological polar surface area (TPSA) is 116 Å². The fraction of sp³-hybridized carbons (Fsp3) is 0.250. The lowest BCUT2D eigenvalue weighted by Crippen LogP contribution is -2.41. The summed E-state index contributed by atoms with van der Waals surface area (Å²) in [4.78, 5) is 33.9. The maximum absolute atomic E-state index is 11.9. The number of carbonyl (C=O) groups is 3. The van der Waals surface area contributed by atoms with Gasteiger partial charge in [0.25, 0.3) is 0 Å². The van der Waals surface area contributed by atoms with Crippen LogP contribution in [0.3, 0.4) is 0 Å². The van der Waals surface area contributed by atoms with Crippen molar-refractivity contribution < 1.29 is 29.3 Å². The number of hydrogen-bond acceptors (Lipinski definition) is 4. The fourth-order valence-corrected chi connectivity index (χ4v) is 1.95. The molecule has 0 saturated heterocycles. The van der Waals surface area contributed by atoms with E-state index in [1.165, 1.54) is 13.2 Å². The zero-order chi connectivity index (χ0) is 16.0. The summed E-state index contributed by atoms with van der Waals surface area (Å²) in [5.74, 6) is -2.14. The smallest absolute Gasteiger partial charge is 0.323 e. The largest absolute Gasteiger partial charge is 0.497 e. The number of nitrogens with zero attached hydrogens (tertiary/aromatic N) is 1. The molecular weight excluding hydrogens is 348 g/mol. The van der Waals surface area contributed by atoms with Crippen LogP contribution in [0.15, 0.2) is 22.7 Å². The van der Waals surface area contributed by atoms with Crippen LogP contribution in [0.2, 0.25) is 0 Å². The van der Waals surface area contributed by atoms with E-state index in [0.717, 1.165) is 0 Å². The molecule has 0 heterocycles. The van der Waals surface area contributed by atoms with Gasteiger partial charge in [-0.25, -0.2) is 4.79 Å². The molecular formula is C12H13BrN2O6. The first-order chi connectivity index (χ1) is 9.81. The number of carboxylic acids is 2. The van der Waals surface area contributed by atoms with Gasteiger partial charge in [-0.3, -0.25) is 9.59 Å². The lowest BCUT2D eigenvalue weighted by molar-refractivity contribution is -0.140. The molecule has 0 aliphatic carbocycles. The number of rotatable bonds is 6. The highest BCUT2D eigenvalue weighted by Gasteiger charge is 2.20. The number of amides is 2. The van der Waals surface area contributed by atoms with Crippen molar-refractivity contribution in [2.45, 2.75) is 0 Å². The highest BCUT2D eigenvalue weighted by Crippen LogP contribution is 2.24. The van der Waals surface area contributed by atoms with Gasteiger partial charge >= 0.3 is 18.0 Å². The van der Waals surface area contributed by atoms with Crippen molar-refractivity contribution in [3.8, 4) is 5.75 Å². The van der Waals surface area contributed by atoms with Crippen molar-refractivity contribution >= 4 is 39.6 Å². The van der Waals surface area contributed by atoms with Gasteiger partial charge in [0.05, 0.1) is 7.11 Å².